The molecule has 3 nitrogen and oxygen atoms in total. The van der Waals surface area contributed by atoms with Crippen LogP contribution in [0.1, 0.15) is 16.2 Å². The molecule has 0 aliphatic carbocycles. The third-order valence-corrected chi connectivity index (χ3v) is 2.07. The quantitative estimate of drug-likeness (QED) is 0.793. The highest BCUT2D eigenvalue weighted by Crippen LogP contribution is 2.14. The molecule has 4 heteroatoms. The highest BCUT2D eigenvalue weighted by atomic mass is 79.9. The topological polar surface area (TPSA) is 42.0 Å². The Morgan fingerprint density at radius 3 is 2.83 bits per heavy atom. The van der Waals surface area contributed by atoms with Gasteiger partial charge in [0.05, 0.1) is 0 Å². The van der Waals surface area contributed by atoms with E-state index < -0.39 is 0 Å². The number of pyridine rings is 1. The number of aromatic nitrogens is 1. The number of hydrogen-bond acceptors (Lipinski definition) is 2. The molecule has 1 amide bonds. The average molecular weight is 229 g/mol. The lowest BCUT2D eigenvalue weighted by atomic mass is 10.3. The summed E-state index contributed by atoms with van der Waals surface area (Å²) in [4.78, 5) is 15.3. The van der Waals surface area contributed by atoms with Crippen LogP contribution in [0.25, 0.3) is 0 Å². The normalized spacial score (nSPS) is 9.58. The van der Waals surface area contributed by atoms with Gasteiger partial charge in [-0.2, -0.15) is 0 Å². The molecule has 1 aromatic rings. The lowest BCUT2D eigenvalue weighted by Crippen LogP contribution is -2.20. The van der Waals surface area contributed by atoms with E-state index in [9.17, 15) is 4.79 Å². The van der Waals surface area contributed by atoms with E-state index >= 15 is 0 Å². The van der Waals surface area contributed by atoms with Crippen molar-refractivity contribution in [2.75, 3.05) is 7.05 Å². The van der Waals surface area contributed by atoms with Gasteiger partial charge in [0.15, 0.2) is 0 Å². The van der Waals surface area contributed by atoms with E-state index in [1.807, 2.05) is 19.1 Å². The average Bonchev–Trinajstić information content (AvgIpc) is 2.08. The zero-order valence-electron chi connectivity index (χ0n) is 6.89. The first-order valence-electron chi connectivity index (χ1n) is 3.50. The van der Waals surface area contributed by atoms with Gasteiger partial charge >= 0.3 is 0 Å². The number of carbonyl (C=O) groups is 1. The van der Waals surface area contributed by atoms with Gasteiger partial charge < -0.3 is 5.32 Å². The minimum Gasteiger partial charge on any atom is -0.354 e. The van der Waals surface area contributed by atoms with Gasteiger partial charge in [0, 0.05) is 17.2 Å². The molecule has 64 valence electrons. The second-order valence-corrected chi connectivity index (χ2v) is 3.22. The predicted molar refractivity (Wildman–Crippen MR) is 50.1 cm³/mol. The lowest BCUT2D eigenvalue weighted by Gasteiger charge is -2.02. The number of nitrogens with zero attached hydrogens (tertiary/aromatic N) is 1. The Morgan fingerprint density at radius 2 is 2.25 bits per heavy atom. The molecule has 0 saturated heterocycles. The van der Waals surface area contributed by atoms with Crippen LogP contribution in [-0.2, 0) is 0 Å². The van der Waals surface area contributed by atoms with Crippen molar-refractivity contribution in [3.63, 3.8) is 0 Å². The van der Waals surface area contributed by atoms with Gasteiger partial charge in [0.1, 0.15) is 5.69 Å². The SMILES string of the molecule is CNC(=O)c1nc(C)ccc1Br. The Bertz CT molecular complexity index is 312. The predicted octanol–water partition coefficient (Wildman–Crippen LogP) is 1.51. The van der Waals surface area contributed by atoms with Crippen LogP contribution in [0.15, 0.2) is 16.6 Å². The molecule has 0 atom stereocenters. The van der Waals surface area contributed by atoms with Crippen LogP contribution >= 0.6 is 15.9 Å². The number of rotatable bonds is 1. The molecule has 0 spiro atoms. The van der Waals surface area contributed by atoms with Crippen molar-refractivity contribution >= 4 is 21.8 Å². The zero-order valence-corrected chi connectivity index (χ0v) is 8.47. The first kappa shape index (κ1) is 9.19. The van der Waals surface area contributed by atoms with Gasteiger partial charge in [-0.3, -0.25) is 4.79 Å². The summed E-state index contributed by atoms with van der Waals surface area (Å²) < 4.78 is 0.715. The van der Waals surface area contributed by atoms with Crippen molar-refractivity contribution < 1.29 is 4.79 Å². The van der Waals surface area contributed by atoms with Crippen molar-refractivity contribution in [1.82, 2.24) is 10.3 Å². The van der Waals surface area contributed by atoms with E-state index in [1.165, 1.54) is 0 Å². The summed E-state index contributed by atoms with van der Waals surface area (Å²) in [5.41, 5.74) is 1.26. The molecule has 0 unspecified atom stereocenters. The molecule has 0 aromatic carbocycles. The highest BCUT2D eigenvalue weighted by molar-refractivity contribution is 9.10. The molecule has 1 N–H and O–H groups in total. The van der Waals surface area contributed by atoms with Crippen LogP contribution in [0.5, 0.6) is 0 Å². The first-order chi connectivity index (χ1) is 5.65. The fraction of sp³-hybridized carbons (Fsp3) is 0.250. The molecule has 0 radical (unpaired) electrons. The Morgan fingerprint density at radius 1 is 1.58 bits per heavy atom. The monoisotopic (exact) mass is 228 g/mol. The summed E-state index contributed by atoms with van der Waals surface area (Å²) >= 11 is 3.25. The second kappa shape index (κ2) is 3.67. The maximum Gasteiger partial charge on any atom is 0.270 e. The zero-order chi connectivity index (χ0) is 9.14. The van der Waals surface area contributed by atoms with Gasteiger partial charge in [-0.15, -0.1) is 0 Å². The molecule has 0 saturated carbocycles. The summed E-state index contributed by atoms with van der Waals surface area (Å²) in [6, 6.07) is 3.66. The molecule has 1 rings (SSSR count). The standard InChI is InChI=1S/C8H9BrN2O/c1-5-3-4-6(9)7(11-5)8(12)10-2/h3-4H,1-2H3,(H,10,12). The van der Waals surface area contributed by atoms with Gasteiger partial charge in [-0.25, -0.2) is 4.98 Å². The molecule has 0 aliphatic rings. The van der Waals surface area contributed by atoms with Gasteiger partial charge in [-0.05, 0) is 35.0 Å². The summed E-state index contributed by atoms with van der Waals surface area (Å²) in [6.45, 7) is 1.85. The van der Waals surface area contributed by atoms with E-state index in [4.69, 9.17) is 0 Å². The van der Waals surface area contributed by atoms with Crippen molar-refractivity contribution in [2.24, 2.45) is 0 Å². The third-order valence-electron chi connectivity index (χ3n) is 1.43. The highest BCUT2D eigenvalue weighted by Gasteiger charge is 2.08. The molecule has 0 aliphatic heterocycles. The molecular weight excluding hydrogens is 220 g/mol. The molecule has 1 aromatic heterocycles. The van der Waals surface area contributed by atoms with Crippen LogP contribution in [0.3, 0.4) is 0 Å². The maximum absolute atomic E-state index is 11.2. The van der Waals surface area contributed by atoms with E-state index in [-0.39, 0.29) is 5.91 Å². The van der Waals surface area contributed by atoms with Gasteiger partial charge in [0.25, 0.3) is 5.91 Å². The summed E-state index contributed by atoms with van der Waals surface area (Å²) in [5.74, 6) is -0.175. The number of halogens is 1. The summed E-state index contributed by atoms with van der Waals surface area (Å²) in [5, 5.41) is 2.52. The number of amides is 1. The minimum absolute atomic E-state index is 0.175. The molecule has 12 heavy (non-hydrogen) atoms. The van der Waals surface area contributed by atoms with Crippen molar-refractivity contribution in [2.45, 2.75) is 6.92 Å². The van der Waals surface area contributed by atoms with Crippen LogP contribution < -0.4 is 5.32 Å². The van der Waals surface area contributed by atoms with Crippen molar-refractivity contribution in [3.8, 4) is 0 Å². The van der Waals surface area contributed by atoms with Gasteiger partial charge in [0.2, 0.25) is 0 Å². The van der Waals surface area contributed by atoms with E-state index in [0.717, 1.165) is 5.69 Å². The molecule has 0 fully saturated rings. The Balaban J connectivity index is 3.13. The number of hydrogen-bond donors (Lipinski definition) is 1. The Kier molecular flexibility index (Phi) is 2.81. The number of nitrogens with one attached hydrogen (secondary N) is 1. The largest absolute Gasteiger partial charge is 0.354 e. The van der Waals surface area contributed by atoms with Crippen LogP contribution in [0.2, 0.25) is 0 Å². The minimum atomic E-state index is -0.175. The first-order valence-corrected chi connectivity index (χ1v) is 4.29. The second-order valence-electron chi connectivity index (χ2n) is 2.36. The Labute approximate surface area is 79.3 Å². The molecule has 0 bridgehead atoms. The third kappa shape index (κ3) is 1.82. The van der Waals surface area contributed by atoms with Gasteiger partial charge in [-0.1, -0.05) is 0 Å². The van der Waals surface area contributed by atoms with Crippen molar-refractivity contribution in [1.29, 1.82) is 0 Å². The summed E-state index contributed by atoms with van der Waals surface area (Å²) in [7, 11) is 1.58. The summed E-state index contributed by atoms with van der Waals surface area (Å²) in [6.07, 6.45) is 0. The van der Waals surface area contributed by atoms with E-state index in [1.54, 1.807) is 7.05 Å². The van der Waals surface area contributed by atoms with Crippen molar-refractivity contribution in [3.05, 3.63) is 28.0 Å². The molecule has 1 heterocycles. The lowest BCUT2D eigenvalue weighted by molar-refractivity contribution is 0.0957. The smallest absolute Gasteiger partial charge is 0.270 e. The number of aryl methyl sites for hydroxylation is 1. The van der Waals surface area contributed by atoms with Crippen LogP contribution in [-0.4, -0.2) is 17.9 Å². The number of carbonyl (C=O) groups excluding carboxylic acids is 1. The van der Waals surface area contributed by atoms with E-state index in [2.05, 4.69) is 26.2 Å². The molecular formula is C8H9BrN2O. The fourth-order valence-electron chi connectivity index (χ4n) is 0.817. The van der Waals surface area contributed by atoms with E-state index in [0.29, 0.717) is 10.2 Å². The Hall–Kier alpha value is -0.900. The fourth-order valence-corrected chi connectivity index (χ4v) is 1.22. The van der Waals surface area contributed by atoms with Crippen LogP contribution in [0.4, 0.5) is 0 Å². The maximum atomic E-state index is 11.2. The van der Waals surface area contributed by atoms with Crippen LogP contribution in [0, 0.1) is 6.92 Å².